The molecule has 1 fully saturated rings. The van der Waals surface area contributed by atoms with Crippen molar-refractivity contribution in [3.8, 4) is 11.5 Å². The van der Waals surface area contributed by atoms with E-state index in [0.29, 0.717) is 19.8 Å². The molecular formula is C15H22N2O3. The molecule has 1 aromatic carbocycles. The summed E-state index contributed by atoms with van der Waals surface area (Å²) in [6, 6.07) is 5.74. The van der Waals surface area contributed by atoms with Crippen LogP contribution in [0.4, 0.5) is 0 Å². The maximum absolute atomic E-state index is 10.4. The van der Waals surface area contributed by atoms with Crippen LogP contribution in [0, 0.1) is 0 Å². The molecule has 0 bridgehead atoms. The van der Waals surface area contributed by atoms with E-state index in [9.17, 15) is 5.11 Å². The third kappa shape index (κ3) is 3.23. The van der Waals surface area contributed by atoms with E-state index in [2.05, 4.69) is 10.2 Å². The van der Waals surface area contributed by atoms with E-state index in [0.717, 1.165) is 49.7 Å². The second-order valence-electron chi connectivity index (χ2n) is 5.32. The molecule has 110 valence electrons. The van der Waals surface area contributed by atoms with E-state index in [1.165, 1.54) is 0 Å². The van der Waals surface area contributed by atoms with Gasteiger partial charge < -0.3 is 19.9 Å². The number of aliphatic hydroxyl groups is 1. The summed E-state index contributed by atoms with van der Waals surface area (Å²) in [5.74, 6) is 1.53. The number of rotatable bonds is 3. The Labute approximate surface area is 119 Å². The predicted octanol–water partition coefficient (Wildman–Crippen LogP) is 0.786. The molecule has 2 heterocycles. The molecule has 5 heteroatoms. The van der Waals surface area contributed by atoms with Gasteiger partial charge in [-0.3, -0.25) is 4.90 Å². The lowest BCUT2D eigenvalue weighted by molar-refractivity contribution is 0.105. The summed E-state index contributed by atoms with van der Waals surface area (Å²) in [7, 11) is 0. The van der Waals surface area contributed by atoms with Crippen LogP contribution in [0.2, 0.25) is 0 Å². The van der Waals surface area contributed by atoms with E-state index in [4.69, 9.17) is 9.47 Å². The largest absolute Gasteiger partial charge is 0.490 e. The summed E-state index contributed by atoms with van der Waals surface area (Å²) in [6.45, 7) is 5.99. The highest BCUT2D eigenvalue weighted by atomic mass is 16.5. The number of aliphatic hydroxyl groups excluding tert-OH is 1. The average molecular weight is 278 g/mol. The summed E-state index contributed by atoms with van der Waals surface area (Å²) in [6.07, 6.45) is 0.415. The first kappa shape index (κ1) is 13.7. The number of piperazine rings is 1. The molecule has 1 saturated heterocycles. The van der Waals surface area contributed by atoms with Crippen molar-refractivity contribution >= 4 is 0 Å². The summed E-state index contributed by atoms with van der Waals surface area (Å²) in [5.41, 5.74) is 0.896. The van der Waals surface area contributed by atoms with Crippen LogP contribution in [-0.2, 0) is 0 Å². The highest BCUT2D eigenvalue weighted by molar-refractivity contribution is 5.44. The van der Waals surface area contributed by atoms with Crippen molar-refractivity contribution in [3.05, 3.63) is 23.8 Å². The standard InChI is InChI=1S/C15H22N2O3/c18-13(11-17-6-4-16-5-7-17)12-2-3-14-15(10-12)20-9-1-8-19-14/h2-3,10,13,16,18H,1,4-9,11H2. The van der Waals surface area contributed by atoms with Gasteiger partial charge >= 0.3 is 0 Å². The molecule has 0 amide bonds. The maximum atomic E-state index is 10.4. The van der Waals surface area contributed by atoms with Crippen molar-refractivity contribution in [1.29, 1.82) is 0 Å². The highest BCUT2D eigenvalue weighted by Crippen LogP contribution is 2.32. The van der Waals surface area contributed by atoms with Crippen LogP contribution >= 0.6 is 0 Å². The van der Waals surface area contributed by atoms with Crippen LogP contribution in [0.1, 0.15) is 18.1 Å². The van der Waals surface area contributed by atoms with Crippen LogP contribution in [0.15, 0.2) is 18.2 Å². The van der Waals surface area contributed by atoms with Gasteiger partial charge in [-0.1, -0.05) is 6.07 Å². The van der Waals surface area contributed by atoms with Gasteiger partial charge in [0.2, 0.25) is 0 Å². The van der Waals surface area contributed by atoms with Crippen LogP contribution in [0.3, 0.4) is 0 Å². The number of hydrogen-bond donors (Lipinski definition) is 2. The summed E-state index contributed by atoms with van der Waals surface area (Å²) in [4.78, 5) is 2.28. The van der Waals surface area contributed by atoms with E-state index in [1.807, 2.05) is 18.2 Å². The fourth-order valence-electron chi connectivity index (χ4n) is 2.63. The third-order valence-electron chi connectivity index (χ3n) is 3.80. The molecule has 20 heavy (non-hydrogen) atoms. The Morgan fingerprint density at radius 2 is 1.90 bits per heavy atom. The maximum Gasteiger partial charge on any atom is 0.161 e. The molecule has 2 aliphatic heterocycles. The van der Waals surface area contributed by atoms with E-state index in [1.54, 1.807) is 0 Å². The van der Waals surface area contributed by atoms with E-state index >= 15 is 0 Å². The number of fused-ring (bicyclic) bond motifs is 1. The molecular weight excluding hydrogens is 256 g/mol. The molecule has 1 unspecified atom stereocenters. The predicted molar refractivity (Wildman–Crippen MR) is 76.3 cm³/mol. The number of nitrogens with one attached hydrogen (secondary N) is 1. The van der Waals surface area contributed by atoms with Gasteiger partial charge in [0, 0.05) is 39.1 Å². The quantitative estimate of drug-likeness (QED) is 0.856. The molecule has 0 aromatic heterocycles. The topological polar surface area (TPSA) is 54.0 Å². The second kappa shape index (κ2) is 6.43. The average Bonchev–Trinajstić information content (AvgIpc) is 2.72. The fraction of sp³-hybridized carbons (Fsp3) is 0.600. The zero-order valence-corrected chi connectivity index (χ0v) is 11.7. The first-order valence-corrected chi connectivity index (χ1v) is 7.33. The lowest BCUT2D eigenvalue weighted by Gasteiger charge is -2.29. The van der Waals surface area contributed by atoms with Gasteiger partial charge in [0.1, 0.15) is 0 Å². The van der Waals surface area contributed by atoms with E-state index < -0.39 is 6.10 Å². The number of benzene rings is 1. The van der Waals surface area contributed by atoms with Crippen molar-refractivity contribution in [2.24, 2.45) is 0 Å². The lowest BCUT2D eigenvalue weighted by atomic mass is 10.1. The summed E-state index contributed by atoms with van der Waals surface area (Å²) >= 11 is 0. The first-order chi connectivity index (χ1) is 9.83. The number of ether oxygens (including phenoxy) is 2. The Morgan fingerprint density at radius 1 is 1.15 bits per heavy atom. The molecule has 1 atom stereocenters. The smallest absolute Gasteiger partial charge is 0.161 e. The summed E-state index contributed by atoms with van der Waals surface area (Å²) in [5, 5.41) is 13.7. The zero-order chi connectivity index (χ0) is 13.8. The Morgan fingerprint density at radius 3 is 2.70 bits per heavy atom. The minimum absolute atomic E-state index is 0.481. The fourth-order valence-corrected chi connectivity index (χ4v) is 2.63. The monoisotopic (exact) mass is 278 g/mol. The van der Waals surface area contributed by atoms with Gasteiger partial charge in [-0.15, -0.1) is 0 Å². The number of nitrogens with zero attached hydrogens (tertiary/aromatic N) is 1. The van der Waals surface area contributed by atoms with Crippen LogP contribution in [0.25, 0.3) is 0 Å². The molecule has 2 aliphatic rings. The van der Waals surface area contributed by atoms with Crippen molar-refractivity contribution in [2.45, 2.75) is 12.5 Å². The van der Waals surface area contributed by atoms with Crippen LogP contribution in [-0.4, -0.2) is 55.9 Å². The van der Waals surface area contributed by atoms with Gasteiger partial charge in [-0.25, -0.2) is 0 Å². The Bertz CT molecular complexity index is 447. The van der Waals surface area contributed by atoms with Crippen molar-refractivity contribution < 1.29 is 14.6 Å². The van der Waals surface area contributed by atoms with Gasteiger partial charge in [0.25, 0.3) is 0 Å². The number of β-amino-alcohol motifs (C(OH)–C–C–N with tert-alkyl or cyclic N) is 1. The minimum Gasteiger partial charge on any atom is -0.490 e. The molecule has 0 radical (unpaired) electrons. The molecule has 2 N–H and O–H groups in total. The lowest BCUT2D eigenvalue weighted by Crippen LogP contribution is -2.44. The molecule has 1 aromatic rings. The van der Waals surface area contributed by atoms with Crippen LogP contribution < -0.4 is 14.8 Å². The molecule has 3 rings (SSSR count). The Balaban J connectivity index is 1.67. The van der Waals surface area contributed by atoms with Gasteiger partial charge in [-0.2, -0.15) is 0 Å². The van der Waals surface area contributed by atoms with Crippen molar-refractivity contribution in [1.82, 2.24) is 10.2 Å². The molecule has 0 saturated carbocycles. The van der Waals surface area contributed by atoms with Crippen LogP contribution in [0.5, 0.6) is 11.5 Å². The third-order valence-corrected chi connectivity index (χ3v) is 3.80. The summed E-state index contributed by atoms with van der Waals surface area (Å²) < 4.78 is 11.3. The number of hydrogen-bond acceptors (Lipinski definition) is 5. The Kier molecular flexibility index (Phi) is 4.40. The molecule has 5 nitrogen and oxygen atoms in total. The zero-order valence-electron chi connectivity index (χ0n) is 11.7. The molecule has 0 spiro atoms. The minimum atomic E-state index is -0.481. The van der Waals surface area contributed by atoms with Gasteiger partial charge in [0.15, 0.2) is 11.5 Å². The Hall–Kier alpha value is -1.30. The SMILES string of the molecule is OC(CN1CCNCC1)c1ccc2c(c1)OCCCO2. The van der Waals surface area contributed by atoms with Gasteiger partial charge in [0.05, 0.1) is 19.3 Å². The van der Waals surface area contributed by atoms with Crippen molar-refractivity contribution in [2.75, 3.05) is 45.9 Å². The van der Waals surface area contributed by atoms with E-state index in [-0.39, 0.29) is 0 Å². The highest BCUT2D eigenvalue weighted by Gasteiger charge is 2.18. The van der Waals surface area contributed by atoms with Crippen molar-refractivity contribution in [3.63, 3.8) is 0 Å². The molecule has 0 aliphatic carbocycles. The first-order valence-electron chi connectivity index (χ1n) is 7.33. The normalized spacial score (nSPS) is 21.2. The van der Waals surface area contributed by atoms with Gasteiger partial charge in [-0.05, 0) is 17.7 Å². The second-order valence-corrected chi connectivity index (χ2v) is 5.32.